The first-order valence-electron chi connectivity index (χ1n) is 9.50. The second kappa shape index (κ2) is 8.30. The molecule has 144 valence electrons. The highest BCUT2D eigenvalue weighted by Crippen LogP contribution is 2.57. The van der Waals surface area contributed by atoms with Gasteiger partial charge >= 0.3 is 0 Å². The van der Waals surface area contributed by atoms with Crippen molar-refractivity contribution in [2.24, 2.45) is 0 Å². The Balaban J connectivity index is 2.07. The lowest BCUT2D eigenvalue weighted by Crippen LogP contribution is -2.24. The molecule has 3 aromatic rings. The van der Waals surface area contributed by atoms with E-state index in [2.05, 4.69) is 12.1 Å². The Morgan fingerprint density at radius 1 is 0.700 bits per heavy atom. The summed E-state index contributed by atoms with van der Waals surface area (Å²) < 4.78 is 5.25. The van der Waals surface area contributed by atoms with Crippen molar-refractivity contribution in [1.82, 2.24) is 0 Å². The van der Waals surface area contributed by atoms with Crippen molar-refractivity contribution < 1.29 is 4.74 Å². The minimum Gasteiger partial charge on any atom is -0.497 e. The predicted octanol–water partition coefficient (Wildman–Crippen LogP) is 4.86. The summed E-state index contributed by atoms with van der Waals surface area (Å²) in [6, 6.07) is 32.4. The molecule has 0 unspecified atom stereocenters. The summed E-state index contributed by atoms with van der Waals surface area (Å²) in [5, 5.41) is 23.8. The molecule has 0 radical (unpaired) electrons. The third kappa shape index (κ3) is 3.17. The van der Waals surface area contributed by atoms with Crippen molar-refractivity contribution >= 4 is 28.4 Å². The molecule has 0 saturated carbocycles. The predicted molar refractivity (Wildman–Crippen MR) is 124 cm³/mol. The number of allylic oxidation sites excluding steroid dienone is 4. The lowest BCUT2D eigenvalue weighted by molar-refractivity contribution is 0.415. The Labute approximate surface area is 176 Å². The second-order valence-corrected chi connectivity index (χ2v) is 10.1. The van der Waals surface area contributed by atoms with E-state index in [1.165, 1.54) is 0 Å². The van der Waals surface area contributed by atoms with Gasteiger partial charge in [0, 0.05) is 6.89 Å². The molecule has 0 fully saturated rings. The van der Waals surface area contributed by atoms with Gasteiger partial charge in [0.2, 0.25) is 0 Å². The molecule has 0 bridgehead atoms. The van der Waals surface area contributed by atoms with Gasteiger partial charge in [-0.25, -0.2) is 0 Å². The molecule has 0 aromatic heterocycles. The topological polar surface area (TPSA) is 56.8 Å². The average molecular weight is 406 g/mol. The SMILES string of the molecule is COc1ccc(C2=CC(C#N)=P(c3ccccc3)(c3ccccc3)C(C#N)=C2)cc1. The number of hydrogen-bond donors (Lipinski definition) is 0. The highest BCUT2D eigenvalue weighted by Gasteiger charge is 2.34. The number of rotatable bonds is 4. The van der Waals surface area contributed by atoms with Gasteiger partial charge in [0.1, 0.15) is 17.9 Å². The molecule has 1 heterocycles. The van der Waals surface area contributed by atoms with Crippen LogP contribution in [0.25, 0.3) is 5.57 Å². The van der Waals surface area contributed by atoms with Crippen LogP contribution in [0.15, 0.2) is 102 Å². The maximum atomic E-state index is 10.2. The Hall–Kier alpha value is -3.78. The van der Waals surface area contributed by atoms with Crippen molar-refractivity contribution in [3.63, 3.8) is 0 Å². The summed E-state index contributed by atoms with van der Waals surface area (Å²) in [6.07, 6.45) is 3.88. The van der Waals surface area contributed by atoms with Gasteiger partial charge in [-0.15, -0.1) is 0 Å². The van der Waals surface area contributed by atoms with Gasteiger partial charge in [0.25, 0.3) is 0 Å². The molecule has 0 amide bonds. The summed E-state index contributed by atoms with van der Waals surface area (Å²) in [5.74, 6) is 0.763. The summed E-state index contributed by atoms with van der Waals surface area (Å²) in [5.41, 5.74) is 1.79. The number of nitriles is 2. The number of methoxy groups -OCH3 is 1. The number of hydrogen-bond acceptors (Lipinski definition) is 3. The van der Waals surface area contributed by atoms with E-state index in [4.69, 9.17) is 4.74 Å². The smallest absolute Gasteiger partial charge is 0.118 e. The highest BCUT2D eigenvalue weighted by molar-refractivity contribution is 7.93. The molecular formula is C26H19N2OP. The molecule has 0 atom stereocenters. The molecule has 0 saturated heterocycles. The van der Waals surface area contributed by atoms with Crippen LogP contribution in [-0.4, -0.2) is 12.4 Å². The van der Waals surface area contributed by atoms with Crippen LogP contribution in [0.3, 0.4) is 0 Å². The summed E-state index contributed by atoms with van der Waals surface area (Å²) >= 11 is 0. The standard InChI is InChI=1S/C26H19N2OP/c1-29-22-14-12-20(13-15-22)21-16-25(18-27)30(26(17-21)19-28,23-8-4-2-5-9-23)24-10-6-3-7-11-24/h2-17H,1H3. The van der Waals surface area contributed by atoms with Crippen LogP contribution in [0.5, 0.6) is 5.75 Å². The largest absolute Gasteiger partial charge is 0.497 e. The van der Waals surface area contributed by atoms with E-state index in [-0.39, 0.29) is 0 Å². The first kappa shape index (κ1) is 19.5. The monoisotopic (exact) mass is 406 g/mol. The van der Waals surface area contributed by atoms with Crippen LogP contribution >= 0.6 is 6.89 Å². The van der Waals surface area contributed by atoms with Crippen molar-refractivity contribution in [3.05, 3.63) is 108 Å². The molecule has 1 aliphatic rings. The van der Waals surface area contributed by atoms with Crippen LogP contribution < -0.4 is 15.3 Å². The van der Waals surface area contributed by atoms with Gasteiger partial charge < -0.3 is 4.74 Å². The van der Waals surface area contributed by atoms with Crippen LogP contribution in [0.4, 0.5) is 0 Å². The fraction of sp³-hybridized carbons (Fsp3) is 0.0385. The van der Waals surface area contributed by atoms with E-state index < -0.39 is 6.89 Å². The third-order valence-corrected chi connectivity index (χ3v) is 9.30. The summed E-state index contributed by atoms with van der Waals surface area (Å²) in [6.45, 7) is -2.53. The van der Waals surface area contributed by atoms with Crippen molar-refractivity contribution in [3.8, 4) is 17.9 Å². The molecule has 4 heteroatoms. The minimum absolute atomic E-state index is 0.629. The molecule has 30 heavy (non-hydrogen) atoms. The maximum absolute atomic E-state index is 10.2. The molecule has 0 N–H and O–H groups in total. The van der Waals surface area contributed by atoms with Gasteiger partial charge in [-0.2, -0.15) is 10.5 Å². The van der Waals surface area contributed by atoms with E-state index >= 15 is 0 Å². The summed E-state index contributed by atoms with van der Waals surface area (Å²) in [7, 11) is 1.63. The van der Waals surface area contributed by atoms with Crippen molar-refractivity contribution in [2.75, 3.05) is 7.11 Å². The quantitative estimate of drug-likeness (QED) is 0.581. The minimum atomic E-state index is -2.53. The fourth-order valence-corrected chi connectivity index (χ4v) is 7.71. The Morgan fingerprint density at radius 3 is 1.73 bits per heavy atom. The third-order valence-electron chi connectivity index (χ3n) is 5.25. The van der Waals surface area contributed by atoms with Crippen molar-refractivity contribution in [1.29, 1.82) is 10.5 Å². The Morgan fingerprint density at radius 2 is 1.27 bits per heavy atom. The van der Waals surface area contributed by atoms with Crippen LogP contribution in [-0.2, 0) is 0 Å². The first-order chi connectivity index (χ1) is 14.7. The van der Waals surface area contributed by atoms with Crippen molar-refractivity contribution in [2.45, 2.75) is 0 Å². The number of benzene rings is 3. The van der Waals surface area contributed by atoms with Crippen LogP contribution in [0, 0.1) is 22.7 Å². The van der Waals surface area contributed by atoms with Gasteiger partial charge in [0.05, 0.1) is 17.7 Å². The van der Waals surface area contributed by atoms with Crippen LogP contribution in [0.1, 0.15) is 5.56 Å². The molecule has 0 spiro atoms. The van der Waals surface area contributed by atoms with E-state index in [9.17, 15) is 10.5 Å². The Kier molecular flexibility index (Phi) is 5.40. The lowest BCUT2D eigenvalue weighted by Gasteiger charge is -2.31. The average Bonchev–Trinajstić information content (AvgIpc) is 2.84. The molecule has 3 nitrogen and oxygen atoms in total. The van der Waals surface area contributed by atoms with Gasteiger partial charge in [-0.1, -0.05) is 72.8 Å². The molecular weight excluding hydrogens is 387 g/mol. The second-order valence-electron chi connectivity index (χ2n) is 6.81. The summed E-state index contributed by atoms with van der Waals surface area (Å²) in [4.78, 5) is 0. The zero-order valence-corrected chi connectivity index (χ0v) is 17.4. The molecule has 0 aliphatic carbocycles. The number of ether oxygens (including phenoxy) is 1. The molecule has 1 aliphatic heterocycles. The van der Waals surface area contributed by atoms with E-state index in [0.29, 0.717) is 10.6 Å². The van der Waals surface area contributed by atoms with E-state index in [0.717, 1.165) is 27.5 Å². The zero-order valence-electron chi connectivity index (χ0n) is 16.5. The molecule has 3 aromatic carbocycles. The normalized spacial score (nSPS) is 14.7. The van der Waals surface area contributed by atoms with E-state index in [1.54, 1.807) is 7.11 Å². The van der Waals surface area contributed by atoms with Gasteiger partial charge in [-0.05, 0) is 46.0 Å². The number of nitrogens with zero attached hydrogens (tertiary/aromatic N) is 2. The van der Waals surface area contributed by atoms with Gasteiger partial charge in [0.15, 0.2) is 0 Å². The lowest BCUT2D eigenvalue weighted by atomic mass is 10.0. The first-order valence-corrected chi connectivity index (χ1v) is 11.3. The van der Waals surface area contributed by atoms with Gasteiger partial charge in [-0.3, -0.25) is 0 Å². The molecule has 4 rings (SSSR count). The fourth-order valence-electron chi connectivity index (χ4n) is 3.83. The van der Waals surface area contributed by atoms with E-state index in [1.807, 2.05) is 97.1 Å². The highest BCUT2D eigenvalue weighted by atomic mass is 31.2. The van der Waals surface area contributed by atoms with Crippen LogP contribution in [0.2, 0.25) is 0 Å². The Bertz CT molecular complexity index is 1230. The zero-order chi connectivity index (χ0) is 21.0. The maximum Gasteiger partial charge on any atom is 0.118 e.